The van der Waals surface area contributed by atoms with Crippen LogP contribution < -0.4 is 16.3 Å². The summed E-state index contributed by atoms with van der Waals surface area (Å²) in [6, 6.07) is 2.63. The Balaban J connectivity index is 1.72. The summed E-state index contributed by atoms with van der Waals surface area (Å²) in [6.07, 6.45) is 2.85. The fourth-order valence-electron chi connectivity index (χ4n) is 2.56. The van der Waals surface area contributed by atoms with Gasteiger partial charge in [0, 0.05) is 26.3 Å². The average Bonchev–Trinajstić information content (AvgIpc) is 3.12. The highest BCUT2D eigenvalue weighted by molar-refractivity contribution is 7.99. The lowest BCUT2D eigenvalue weighted by Gasteiger charge is -2.09. The lowest BCUT2D eigenvalue weighted by molar-refractivity contribution is 0.0949. The van der Waals surface area contributed by atoms with E-state index in [1.807, 2.05) is 6.92 Å². The Labute approximate surface area is 171 Å². The van der Waals surface area contributed by atoms with Crippen molar-refractivity contribution in [2.24, 2.45) is 0 Å². The van der Waals surface area contributed by atoms with Gasteiger partial charge in [-0.05, 0) is 11.8 Å². The van der Waals surface area contributed by atoms with Crippen LogP contribution in [-0.2, 0) is 11.3 Å². The maximum atomic E-state index is 12.1. The first-order valence-electron chi connectivity index (χ1n) is 9.08. The van der Waals surface area contributed by atoms with Crippen LogP contribution in [0.3, 0.4) is 0 Å². The molecule has 154 valence electrons. The standard InChI is InChI=1S/C18H22N6O4S/c1-3-29-18-22-15(19-7-9-27-2)13-10-21-24(16(13)23-18)8-6-20-17(26)12-4-5-14(25)28-11-12/h4-5,10-11H,3,6-9H2,1-2H3,(H,20,26)(H,19,22,23). The number of carbonyl (C=O) groups excluding carboxylic acids is 1. The number of nitrogens with zero attached hydrogens (tertiary/aromatic N) is 4. The highest BCUT2D eigenvalue weighted by Crippen LogP contribution is 2.24. The first-order valence-corrected chi connectivity index (χ1v) is 10.1. The molecule has 3 aromatic rings. The molecule has 3 aromatic heterocycles. The minimum Gasteiger partial charge on any atom is -0.430 e. The van der Waals surface area contributed by atoms with Crippen molar-refractivity contribution < 1.29 is 13.9 Å². The number of ether oxygens (including phenoxy) is 1. The quantitative estimate of drug-likeness (QED) is 0.285. The minimum absolute atomic E-state index is 0.281. The van der Waals surface area contributed by atoms with E-state index in [1.165, 1.54) is 12.1 Å². The molecule has 0 aliphatic carbocycles. The van der Waals surface area contributed by atoms with Gasteiger partial charge in [-0.15, -0.1) is 0 Å². The number of carbonyl (C=O) groups is 1. The van der Waals surface area contributed by atoms with Crippen LogP contribution in [0.2, 0.25) is 0 Å². The van der Waals surface area contributed by atoms with Crippen molar-refractivity contribution in [3.63, 3.8) is 0 Å². The third-order valence-corrected chi connectivity index (χ3v) is 4.65. The lowest BCUT2D eigenvalue weighted by atomic mass is 10.3. The predicted octanol–water partition coefficient (Wildman–Crippen LogP) is 1.38. The van der Waals surface area contributed by atoms with Gasteiger partial charge in [0.25, 0.3) is 5.91 Å². The van der Waals surface area contributed by atoms with Gasteiger partial charge < -0.3 is 19.8 Å². The van der Waals surface area contributed by atoms with Gasteiger partial charge in [-0.3, -0.25) is 4.79 Å². The van der Waals surface area contributed by atoms with Gasteiger partial charge in [-0.1, -0.05) is 18.7 Å². The molecule has 0 atom stereocenters. The maximum absolute atomic E-state index is 12.1. The fraction of sp³-hybridized carbons (Fsp3) is 0.389. The van der Waals surface area contributed by atoms with Crippen LogP contribution in [-0.4, -0.2) is 58.2 Å². The van der Waals surface area contributed by atoms with Crippen molar-refractivity contribution in [3.8, 4) is 0 Å². The van der Waals surface area contributed by atoms with Crippen LogP contribution >= 0.6 is 11.8 Å². The minimum atomic E-state index is -0.500. The zero-order chi connectivity index (χ0) is 20.6. The summed E-state index contributed by atoms with van der Waals surface area (Å²) in [5.74, 6) is 1.22. The Morgan fingerprint density at radius 2 is 2.17 bits per heavy atom. The fourth-order valence-corrected chi connectivity index (χ4v) is 3.13. The van der Waals surface area contributed by atoms with Crippen molar-refractivity contribution in [2.45, 2.75) is 18.6 Å². The molecule has 0 aliphatic heterocycles. The van der Waals surface area contributed by atoms with Crippen LogP contribution in [0.5, 0.6) is 0 Å². The van der Waals surface area contributed by atoms with Gasteiger partial charge in [0.1, 0.15) is 12.1 Å². The van der Waals surface area contributed by atoms with Crippen molar-refractivity contribution in [1.82, 2.24) is 25.1 Å². The Kier molecular flexibility index (Phi) is 7.19. The second-order valence-electron chi connectivity index (χ2n) is 5.91. The van der Waals surface area contributed by atoms with Gasteiger partial charge >= 0.3 is 5.63 Å². The van der Waals surface area contributed by atoms with E-state index in [1.54, 1.807) is 29.8 Å². The molecule has 0 aromatic carbocycles. The smallest absolute Gasteiger partial charge is 0.335 e. The van der Waals surface area contributed by atoms with Crippen LogP contribution in [0.25, 0.3) is 11.0 Å². The number of hydrogen-bond donors (Lipinski definition) is 2. The van der Waals surface area contributed by atoms with E-state index in [-0.39, 0.29) is 11.5 Å². The van der Waals surface area contributed by atoms with Crippen molar-refractivity contribution in [1.29, 1.82) is 0 Å². The Hall–Kier alpha value is -2.92. The van der Waals surface area contributed by atoms with E-state index >= 15 is 0 Å². The zero-order valence-electron chi connectivity index (χ0n) is 16.2. The summed E-state index contributed by atoms with van der Waals surface area (Å²) in [4.78, 5) is 32.3. The number of fused-ring (bicyclic) bond motifs is 1. The maximum Gasteiger partial charge on any atom is 0.335 e. The monoisotopic (exact) mass is 418 g/mol. The molecule has 1 amide bonds. The molecular weight excluding hydrogens is 396 g/mol. The van der Waals surface area contributed by atoms with Gasteiger partial charge in [-0.25, -0.2) is 19.4 Å². The second kappa shape index (κ2) is 10.0. The molecule has 0 fully saturated rings. The van der Waals surface area contributed by atoms with Crippen molar-refractivity contribution in [2.75, 3.05) is 37.9 Å². The largest absolute Gasteiger partial charge is 0.430 e. The van der Waals surface area contributed by atoms with E-state index in [4.69, 9.17) is 9.15 Å². The molecule has 3 heterocycles. The van der Waals surface area contributed by atoms with Crippen LogP contribution in [0, 0.1) is 0 Å². The number of hydrogen-bond acceptors (Lipinski definition) is 9. The summed E-state index contributed by atoms with van der Waals surface area (Å²) >= 11 is 1.54. The van der Waals surface area contributed by atoms with E-state index in [2.05, 4.69) is 25.7 Å². The Morgan fingerprint density at radius 3 is 2.90 bits per heavy atom. The first-order chi connectivity index (χ1) is 14.1. The normalized spacial score (nSPS) is 11.0. The SMILES string of the molecule is CCSc1nc(NCCOC)c2cnn(CCNC(=O)c3ccc(=O)oc3)c2n1. The van der Waals surface area contributed by atoms with Gasteiger partial charge in [-0.2, -0.15) is 5.10 Å². The molecule has 0 aliphatic rings. The third kappa shape index (κ3) is 5.33. The van der Waals surface area contributed by atoms with E-state index < -0.39 is 5.63 Å². The predicted molar refractivity (Wildman–Crippen MR) is 109 cm³/mol. The zero-order valence-corrected chi connectivity index (χ0v) is 17.0. The lowest BCUT2D eigenvalue weighted by Crippen LogP contribution is -2.27. The second-order valence-corrected chi connectivity index (χ2v) is 7.14. The summed E-state index contributed by atoms with van der Waals surface area (Å²) in [6.45, 7) is 3.97. The molecule has 0 bridgehead atoms. The number of amides is 1. The first kappa shape index (κ1) is 20.8. The number of aromatic nitrogens is 4. The molecule has 29 heavy (non-hydrogen) atoms. The van der Waals surface area contributed by atoms with Gasteiger partial charge in [0.15, 0.2) is 10.8 Å². The number of anilines is 1. The molecule has 0 radical (unpaired) electrons. The average molecular weight is 418 g/mol. The van der Waals surface area contributed by atoms with Gasteiger partial charge in [0.05, 0.1) is 30.3 Å². The molecule has 0 saturated heterocycles. The van der Waals surface area contributed by atoms with E-state index in [9.17, 15) is 9.59 Å². The van der Waals surface area contributed by atoms with Crippen molar-refractivity contribution in [3.05, 3.63) is 40.6 Å². The number of rotatable bonds is 10. The molecule has 0 saturated carbocycles. The Morgan fingerprint density at radius 1 is 1.31 bits per heavy atom. The summed E-state index contributed by atoms with van der Waals surface area (Å²) < 4.78 is 11.5. The molecular formula is C18H22N6O4S. The summed E-state index contributed by atoms with van der Waals surface area (Å²) in [5.41, 5.74) is 0.472. The summed E-state index contributed by atoms with van der Waals surface area (Å²) in [7, 11) is 1.64. The van der Waals surface area contributed by atoms with Crippen LogP contribution in [0.4, 0.5) is 5.82 Å². The highest BCUT2D eigenvalue weighted by atomic mass is 32.2. The summed E-state index contributed by atoms with van der Waals surface area (Å²) in [5, 5.41) is 11.9. The molecule has 2 N–H and O–H groups in total. The molecule has 11 heteroatoms. The third-order valence-electron chi connectivity index (χ3n) is 3.92. The number of nitrogens with one attached hydrogen (secondary N) is 2. The van der Waals surface area contributed by atoms with Crippen LogP contribution in [0.1, 0.15) is 17.3 Å². The number of thioether (sulfide) groups is 1. The molecule has 3 rings (SSSR count). The molecule has 10 nitrogen and oxygen atoms in total. The van der Waals surface area contributed by atoms with E-state index in [0.29, 0.717) is 42.9 Å². The topological polar surface area (TPSA) is 124 Å². The van der Waals surface area contributed by atoms with Crippen molar-refractivity contribution >= 4 is 34.5 Å². The van der Waals surface area contributed by atoms with Gasteiger partial charge in [0.2, 0.25) is 0 Å². The Bertz CT molecular complexity index is 1010. The molecule has 0 unspecified atom stereocenters. The highest BCUT2D eigenvalue weighted by Gasteiger charge is 2.13. The molecule has 0 spiro atoms. The van der Waals surface area contributed by atoms with E-state index in [0.717, 1.165) is 17.4 Å². The van der Waals surface area contributed by atoms with Crippen LogP contribution in [0.15, 0.2) is 39.0 Å². The number of methoxy groups -OCH3 is 1.